The molecule has 0 bridgehead atoms. The molecule has 0 radical (unpaired) electrons. The van der Waals surface area contributed by atoms with Crippen LogP contribution >= 0.6 is 23.1 Å². The summed E-state index contributed by atoms with van der Waals surface area (Å²) in [5, 5.41) is 14.4. The van der Waals surface area contributed by atoms with Gasteiger partial charge in [0.2, 0.25) is 5.91 Å². The molecule has 0 fully saturated rings. The van der Waals surface area contributed by atoms with Crippen molar-refractivity contribution in [2.45, 2.75) is 24.3 Å². The maximum atomic E-state index is 12.6. The first-order valence-electron chi connectivity index (χ1n) is 9.07. The summed E-state index contributed by atoms with van der Waals surface area (Å²) in [6, 6.07) is 18.1. The van der Waals surface area contributed by atoms with Crippen LogP contribution < -0.4 is 5.32 Å². The topological polar surface area (TPSA) is 72.7 Å². The van der Waals surface area contributed by atoms with E-state index >= 15 is 0 Å². The van der Waals surface area contributed by atoms with Crippen LogP contribution in [0.4, 0.5) is 5.13 Å². The number of aryl methyl sites for hydroxylation is 1. The first-order valence-corrected chi connectivity index (χ1v) is 10.8. The van der Waals surface area contributed by atoms with Crippen molar-refractivity contribution in [1.29, 1.82) is 0 Å². The number of hydrogen-bond acceptors (Lipinski definition) is 6. The number of carbonyl (C=O) groups excluding carboxylic acids is 1. The number of carbonyl (C=O) groups is 1. The predicted octanol–water partition coefficient (Wildman–Crippen LogP) is 4.82. The third kappa shape index (κ3) is 4.38. The van der Waals surface area contributed by atoms with Gasteiger partial charge >= 0.3 is 0 Å². The third-order valence-electron chi connectivity index (χ3n) is 4.27. The Kier molecular flexibility index (Phi) is 5.73. The SMILES string of the molecule is Cc1ccc(-c2nnc(S[C@@H](C)C(=O)Nc3nccs3)n2-c2ccccc2)cc1. The minimum atomic E-state index is -0.364. The van der Waals surface area contributed by atoms with Gasteiger partial charge in [-0.05, 0) is 26.0 Å². The molecule has 0 saturated carbocycles. The van der Waals surface area contributed by atoms with E-state index in [-0.39, 0.29) is 11.2 Å². The maximum absolute atomic E-state index is 12.6. The minimum absolute atomic E-state index is 0.121. The van der Waals surface area contributed by atoms with E-state index in [0.29, 0.717) is 10.3 Å². The molecule has 146 valence electrons. The summed E-state index contributed by atoms with van der Waals surface area (Å²) in [5.41, 5.74) is 3.10. The highest BCUT2D eigenvalue weighted by Gasteiger charge is 2.22. The summed E-state index contributed by atoms with van der Waals surface area (Å²) in [5.74, 6) is 0.621. The van der Waals surface area contributed by atoms with Crippen LogP contribution in [-0.4, -0.2) is 30.9 Å². The normalized spacial score (nSPS) is 11.9. The molecule has 6 nitrogen and oxygen atoms in total. The first-order chi connectivity index (χ1) is 14.1. The predicted molar refractivity (Wildman–Crippen MR) is 118 cm³/mol. The van der Waals surface area contributed by atoms with Crippen LogP contribution in [0, 0.1) is 6.92 Å². The number of benzene rings is 2. The molecule has 2 heterocycles. The molecule has 0 aliphatic rings. The second kappa shape index (κ2) is 8.59. The van der Waals surface area contributed by atoms with E-state index in [0.717, 1.165) is 17.1 Å². The number of amides is 1. The Morgan fingerprint density at radius 2 is 1.86 bits per heavy atom. The van der Waals surface area contributed by atoms with Gasteiger partial charge in [0, 0.05) is 22.8 Å². The largest absolute Gasteiger partial charge is 0.301 e. The lowest BCUT2D eigenvalue weighted by atomic mass is 10.1. The van der Waals surface area contributed by atoms with Crippen LogP contribution in [-0.2, 0) is 4.79 Å². The summed E-state index contributed by atoms with van der Waals surface area (Å²) in [4.78, 5) is 16.7. The molecule has 0 unspecified atom stereocenters. The van der Waals surface area contributed by atoms with Gasteiger partial charge in [-0.25, -0.2) is 4.98 Å². The summed E-state index contributed by atoms with van der Waals surface area (Å²) in [7, 11) is 0. The van der Waals surface area contributed by atoms with Crippen LogP contribution in [0.5, 0.6) is 0 Å². The third-order valence-corrected chi connectivity index (χ3v) is 6.00. The molecule has 4 rings (SSSR count). The fourth-order valence-corrected chi connectivity index (χ4v) is 4.15. The van der Waals surface area contributed by atoms with E-state index in [2.05, 4.69) is 39.6 Å². The van der Waals surface area contributed by atoms with Gasteiger partial charge in [-0.1, -0.05) is 59.8 Å². The number of para-hydroxylation sites is 1. The molecule has 1 atom stereocenters. The molecule has 1 N–H and O–H groups in total. The standard InChI is InChI=1S/C21H19N5OS2/c1-14-8-10-16(11-9-14)18-24-25-21(26(18)17-6-4-3-5-7-17)29-15(2)19(27)23-20-22-12-13-28-20/h3-13,15H,1-2H3,(H,22,23,27)/t15-/m0/s1. The highest BCUT2D eigenvalue weighted by Crippen LogP contribution is 2.30. The molecule has 0 spiro atoms. The fourth-order valence-electron chi connectivity index (χ4n) is 2.75. The molecule has 1 amide bonds. The summed E-state index contributed by atoms with van der Waals surface area (Å²) < 4.78 is 1.99. The summed E-state index contributed by atoms with van der Waals surface area (Å²) >= 11 is 2.76. The number of aromatic nitrogens is 4. The van der Waals surface area contributed by atoms with Crippen LogP contribution in [0.2, 0.25) is 0 Å². The van der Waals surface area contributed by atoms with Gasteiger partial charge in [0.1, 0.15) is 0 Å². The van der Waals surface area contributed by atoms with E-state index in [4.69, 9.17) is 0 Å². The van der Waals surface area contributed by atoms with Crippen molar-refractivity contribution < 1.29 is 4.79 Å². The zero-order chi connectivity index (χ0) is 20.2. The van der Waals surface area contributed by atoms with Gasteiger partial charge in [0.25, 0.3) is 0 Å². The van der Waals surface area contributed by atoms with Crippen LogP contribution in [0.3, 0.4) is 0 Å². The average Bonchev–Trinajstić information content (AvgIpc) is 3.39. The van der Waals surface area contributed by atoms with E-state index in [9.17, 15) is 4.79 Å². The van der Waals surface area contributed by atoms with Crippen molar-refractivity contribution >= 4 is 34.1 Å². The number of thioether (sulfide) groups is 1. The van der Waals surface area contributed by atoms with E-state index < -0.39 is 0 Å². The lowest BCUT2D eigenvalue weighted by molar-refractivity contribution is -0.115. The number of nitrogens with zero attached hydrogens (tertiary/aromatic N) is 4. The van der Waals surface area contributed by atoms with Crippen molar-refractivity contribution in [3.8, 4) is 17.1 Å². The molecule has 29 heavy (non-hydrogen) atoms. The van der Waals surface area contributed by atoms with Gasteiger partial charge in [-0.3, -0.25) is 9.36 Å². The van der Waals surface area contributed by atoms with Crippen LogP contribution in [0.1, 0.15) is 12.5 Å². The minimum Gasteiger partial charge on any atom is -0.301 e. The Bertz CT molecular complexity index is 1090. The Morgan fingerprint density at radius 1 is 1.10 bits per heavy atom. The van der Waals surface area contributed by atoms with Gasteiger partial charge in [-0.15, -0.1) is 21.5 Å². The van der Waals surface area contributed by atoms with Gasteiger partial charge in [0.05, 0.1) is 5.25 Å². The molecule has 0 aliphatic heterocycles. The fraction of sp³-hybridized carbons (Fsp3) is 0.143. The van der Waals surface area contributed by atoms with E-state index in [1.165, 1.54) is 28.7 Å². The Balaban J connectivity index is 1.66. The Hall–Kier alpha value is -2.97. The van der Waals surface area contributed by atoms with E-state index in [1.54, 1.807) is 6.20 Å². The van der Waals surface area contributed by atoms with E-state index in [1.807, 2.05) is 59.3 Å². The molecule has 2 aromatic heterocycles. The molecule has 8 heteroatoms. The number of rotatable bonds is 6. The molecular weight excluding hydrogens is 402 g/mol. The zero-order valence-corrected chi connectivity index (χ0v) is 17.6. The average molecular weight is 422 g/mol. The van der Waals surface area contributed by atoms with Crippen molar-refractivity contribution in [2.24, 2.45) is 0 Å². The van der Waals surface area contributed by atoms with Crippen molar-refractivity contribution in [2.75, 3.05) is 5.32 Å². The lowest BCUT2D eigenvalue weighted by Gasteiger charge is -2.13. The van der Waals surface area contributed by atoms with Gasteiger partial charge in [-0.2, -0.15) is 0 Å². The summed E-state index contributed by atoms with van der Waals surface area (Å²) in [6.45, 7) is 3.90. The van der Waals surface area contributed by atoms with Crippen molar-refractivity contribution in [1.82, 2.24) is 19.7 Å². The highest BCUT2D eigenvalue weighted by molar-refractivity contribution is 8.00. The number of anilines is 1. The first kappa shape index (κ1) is 19.4. The van der Waals surface area contributed by atoms with Crippen LogP contribution in [0.15, 0.2) is 71.3 Å². The summed E-state index contributed by atoms with van der Waals surface area (Å²) in [6.07, 6.45) is 1.66. The Labute approximate surface area is 177 Å². The van der Waals surface area contributed by atoms with Crippen molar-refractivity contribution in [3.05, 3.63) is 71.7 Å². The second-order valence-electron chi connectivity index (χ2n) is 6.43. The van der Waals surface area contributed by atoms with Gasteiger partial charge < -0.3 is 5.32 Å². The number of nitrogens with one attached hydrogen (secondary N) is 1. The maximum Gasteiger partial charge on any atom is 0.239 e. The smallest absolute Gasteiger partial charge is 0.239 e. The zero-order valence-electron chi connectivity index (χ0n) is 15.9. The van der Waals surface area contributed by atoms with Gasteiger partial charge in [0.15, 0.2) is 16.1 Å². The Morgan fingerprint density at radius 3 is 2.55 bits per heavy atom. The quantitative estimate of drug-likeness (QED) is 0.452. The second-order valence-corrected chi connectivity index (χ2v) is 8.63. The number of thiazole rings is 1. The lowest BCUT2D eigenvalue weighted by Crippen LogP contribution is -2.22. The molecule has 0 aliphatic carbocycles. The van der Waals surface area contributed by atoms with Crippen LogP contribution in [0.25, 0.3) is 17.1 Å². The molecule has 0 saturated heterocycles. The number of hydrogen-bond donors (Lipinski definition) is 1. The highest BCUT2D eigenvalue weighted by atomic mass is 32.2. The van der Waals surface area contributed by atoms with Crippen molar-refractivity contribution in [3.63, 3.8) is 0 Å². The molecular formula is C21H19N5OS2. The molecule has 2 aromatic carbocycles. The molecule has 4 aromatic rings. The monoisotopic (exact) mass is 421 g/mol.